The lowest BCUT2D eigenvalue weighted by atomic mass is 9.76. The summed E-state index contributed by atoms with van der Waals surface area (Å²) in [5, 5.41) is 25.0. The van der Waals surface area contributed by atoms with Gasteiger partial charge < -0.3 is 9.84 Å². The number of carbonyl (C=O) groups excluding carboxylic acids is 2. The Bertz CT molecular complexity index is 1450. The number of imide groups is 1. The number of nitrogens with one attached hydrogen (secondary N) is 1. The van der Waals surface area contributed by atoms with Crippen LogP contribution in [0.4, 0.5) is 11.4 Å². The molecular formula is C27H22BrN3O7. The molecule has 2 heterocycles. The lowest BCUT2D eigenvalue weighted by Gasteiger charge is -2.31. The third kappa shape index (κ3) is 4.04. The van der Waals surface area contributed by atoms with Crippen LogP contribution in [0.2, 0.25) is 0 Å². The van der Waals surface area contributed by atoms with Gasteiger partial charge in [0.15, 0.2) is 0 Å². The molecule has 2 aliphatic heterocycles. The molecule has 2 saturated heterocycles. The van der Waals surface area contributed by atoms with Gasteiger partial charge in [-0.15, -0.1) is 0 Å². The first kappa shape index (κ1) is 25.6. The fourth-order valence-corrected chi connectivity index (χ4v) is 5.78. The van der Waals surface area contributed by atoms with Crippen molar-refractivity contribution < 1.29 is 29.2 Å². The van der Waals surface area contributed by atoms with Gasteiger partial charge in [-0.2, -0.15) is 0 Å². The van der Waals surface area contributed by atoms with E-state index in [4.69, 9.17) is 4.74 Å². The molecule has 4 atom stereocenters. The van der Waals surface area contributed by atoms with Crippen LogP contribution < -0.4 is 15.0 Å². The maximum Gasteiger partial charge on any atom is 0.325 e. The monoisotopic (exact) mass is 579 g/mol. The van der Waals surface area contributed by atoms with Crippen LogP contribution >= 0.6 is 15.9 Å². The first-order chi connectivity index (χ1) is 18.2. The standard InChI is InChI=1S/C27H22BrN3O7/c1-38-20-13-18(31(36)37)11-12-19(20)30-24(32)21-22(25(30)33)27(26(34)35,14-15-5-3-2-4-6-15)29-23(21)16-7-9-17(28)10-8-16/h2-13,21-23,29H,14H2,1H3,(H,34,35)/t21-,22+,23-,27+/m0/s1. The largest absolute Gasteiger partial charge is 0.494 e. The molecule has 2 aliphatic rings. The average Bonchev–Trinajstić information content (AvgIpc) is 3.38. The number of halogens is 1. The van der Waals surface area contributed by atoms with E-state index in [2.05, 4.69) is 21.2 Å². The number of rotatable bonds is 7. The summed E-state index contributed by atoms with van der Waals surface area (Å²) in [5.41, 5.74) is -0.708. The Morgan fingerprint density at radius 3 is 2.39 bits per heavy atom. The van der Waals surface area contributed by atoms with Crippen LogP contribution in [0, 0.1) is 22.0 Å². The predicted octanol–water partition coefficient (Wildman–Crippen LogP) is 3.88. The summed E-state index contributed by atoms with van der Waals surface area (Å²) in [6, 6.07) is 18.8. The summed E-state index contributed by atoms with van der Waals surface area (Å²) in [4.78, 5) is 52.6. The first-order valence-electron chi connectivity index (χ1n) is 11.7. The van der Waals surface area contributed by atoms with Gasteiger partial charge >= 0.3 is 5.97 Å². The van der Waals surface area contributed by atoms with Crippen LogP contribution in [-0.2, 0) is 20.8 Å². The van der Waals surface area contributed by atoms with Gasteiger partial charge in [0.2, 0.25) is 11.8 Å². The predicted molar refractivity (Wildman–Crippen MR) is 140 cm³/mol. The lowest BCUT2D eigenvalue weighted by molar-refractivity contribution is -0.384. The number of carboxylic acids is 1. The fourth-order valence-electron chi connectivity index (χ4n) is 5.51. The lowest BCUT2D eigenvalue weighted by Crippen LogP contribution is -2.57. The number of benzene rings is 3. The van der Waals surface area contributed by atoms with Crippen LogP contribution in [-0.4, -0.2) is 40.5 Å². The summed E-state index contributed by atoms with van der Waals surface area (Å²) < 4.78 is 6.10. The molecule has 5 rings (SSSR count). The van der Waals surface area contributed by atoms with E-state index < -0.39 is 46.1 Å². The molecular weight excluding hydrogens is 558 g/mol. The van der Waals surface area contributed by atoms with Crippen LogP contribution in [0.3, 0.4) is 0 Å². The van der Waals surface area contributed by atoms with E-state index in [1.165, 1.54) is 19.2 Å². The second-order valence-electron chi connectivity index (χ2n) is 9.24. The van der Waals surface area contributed by atoms with Crippen molar-refractivity contribution >= 4 is 45.1 Å². The minimum Gasteiger partial charge on any atom is -0.494 e. The maximum absolute atomic E-state index is 14.0. The second-order valence-corrected chi connectivity index (χ2v) is 10.2. The number of nitro groups is 1. The molecule has 0 spiro atoms. The van der Waals surface area contributed by atoms with E-state index in [1.54, 1.807) is 54.6 Å². The normalized spacial score (nSPS) is 24.4. The van der Waals surface area contributed by atoms with Crippen LogP contribution in [0.25, 0.3) is 0 Å². The molecule has 0 saturated carbocycles. The number of carbonyl (C=O) groups is 3. The highest BCUT2D eigenvalue weighted by molar-refractivity contribution is 9.10. The molecule has 10 nitrogen and oxygen atoms in total. The molecule has 2 N–H and O–H groups in total. The number of amides is 2. The van der Waals surface area contributed by atoms with E-state index in [0.717, 1.165) is 15.4 Å². The summed E-state index contributed by atoms with van der Waals surface area (Å²) in [5.74, 6) is -4.90. The number of hydrogen-bond acceptors (Lipinski definition) is 7. The number of non-ortho nitro benzene ring substituents is 1. The van der Waals surface area contributed by atoms with Crippen LogP contribution in [0.15, 0.2) is 77.3 Å². The van der Waals surface area contributed by atoms with Gasteiger partial charge in [0.1, 0.15) is 11.3 Å². The average molecular weight is 580 g/mol. The Hall–Kier alpha value is -4.09. The Morgan fingerprint density at radius 2 is 1.79 bits per heavy atom. The summed E-state index contributed by atoms with van der Waals surface area (Å²) in [6.07, 6.45) is -0.0401. The Morgan fingerprint density at radius 1 is 1.11 bits per heavy atom. The highest BCUT2D eigenvalue weighted by atomic mass is 79.9. The van der Waals surface area contributed by atoms with Gasteiger partial charge in [0.25, 0.3) is 5.69 Å². The van der Waals surface area contributed by atoms with E-state index in [-0.39, 0.29) is 23.5 Å². The summed E-state index contributed by atoms with van der Waals surface area (Å²) in [7, 11) is 1.28. The van der Waals surface area contributed by atoms with Crippen molar-refractivity contribution in [3.63, 3.8) is 0 Å². The molecule has 0 radical (unpaired) electrons. The van der Waals surface area contributed by atoms with Gasteiger partial charge in [0, 0.05) is 23.0 Å². The number of anilines is 1. The molecule has 2 amide bonds. The van der Waals surface area contributed by atoms with Crippen molar-refractivity contribution in [1.82, 2.24) is 5.32 Å². The fraction of sp³-hybridized carbons (Fsp3) is 0.222. The quantitative estimate of drug-likeness (QED) is 0.244. The molecule has 11 heteroatoms. The summed E-state index contributed by atoms with van der Waals surface area (Å²) in [6.45, 7) is 0. The van der Waals surface area contributed by atoms with Gasteiger partial charge in [-0.25, -0.2) is 4.90 Å². The molecule has 0 bridgehead atoms. The highest BCUT2D eigenvalue weighted by Crippen LogP contribution is 2.52. The number of aliphatic carboxylic acids is 1. The molecule has 194 valence electrons. The minimum atomic E-state index is -1.79. The molecule has 38 heavy (non-hydrogen) atoms. The Balaban J connectivity index is 1.66. The molecule has 3 aromatic carbocycles. The number of hydrogen-bond donors (Lipinski definition) is 2. The van der Waals surface area contributed by atoms with E-state index in [1.807, 2.05) is 0 Å². The third-order valence-corrected chi connectivity index (χ3v) is 7.73. The Kier molecular flexibility index (Phi) is 6.49. The number of nitro benzene ring substituents is 1. The molecule has 2 fully saturated rings. The van der Waals surface area contributed by atoms with E-state index >= 15 is 0 Å². The number of methoxy groups -OCH3 is 1. The zero-order chi connectivity index (χ0) is 27.2. The minimum absolute atomic E-state index is 0.0241. The highest BCUT2D eigenvalue weighted by Gasteiger charge is 2.68. The number of ether oxygens (including phenoxy) is 1. The van der Waals surface area contributed by atoms with Gasteiger partial charge in [-0.3, -0.25) is 29.8 Å². The zero-order valence-corrected chi connectivity index (χ0v) is 21.6. The van der Waals surface area contributed by atoms with Crippen molar-refractivity contribution in [3.8, 4) is 5.75 Å². The Labute approximate surface area is 225 Å². The number of fused-ring (bicyclic) bond motifs is 1. The van der Waals surface area contributed by atoms with Crippen molar-refractivity contribution in [1.29, 1.82) is 0 Å². The van der Waals surface area contributed by atoms with Gasteiger partial charge in [0.05, 0.1) is 35.6 Å². The topological polar surface area (TPSA) is 139 Å². The van der Waals surface area contributed by atoms with Crippen molar-refractivity contribution in [2.24, 2.45) is 11.8 Å². The zero-order valence-electron chi connectivity index (χ0n) is 20.0. The SMILES string of the molecule is COc1cc([N+](=O)[O-])ccc1N1C(=O)[C@@H]2[C@H](c3ccc(Br)cc3)N[C@@](Cc3ccccc3)(C(=O)O)[C@H]2C1=O. The van der Waals surface area contributed by atoms with Crippen molar-refractivity contribution in [2.75, 3.05) is 12.0 Å². The third-order valence-electron chi connectivity index (χ3n) is 7.21. The van der Waals surface area contributed by atoms with E-state index in [9.17, 15) is 29.6 Å². The molecule has 3 aromatic rings. The molecule has 0 unspecified atom stereocenters. The smallest absolute Gasteiger partial charge is 0.325 e. The van der Waals surface area contributed by atoms with Crippen molar-refractivity contribution in [3.05, 3.63) is 98.5 Å². The first-order valence-corrected chi connectivity index (χ1v) is 12.5. The van der Waals surface area contributed by atoms with Crippen LogP contribution in [0.1, 0.15) is 17.2 Å². The van der Waals surface area contributed by atoms with E-state index in [0.29, 0.717) is 11.1 Å². The van der Waals surface area contributed by atoms with Crippen LogP contribution in [0.5, 0.6) is 5.75 Å². The number of nitrogens with zero attached hydrogens (tertiary/aromatic N) is 2. The number of carboxylic acid groups (broad SMARTS) is 1. The van der Waals surface area contributed by atoms with Gasteiger partial charge in [-0.1, -0.05) is 58.4 Å². The summed E-state index contributed by atoms with van der Waals surface area (Å²) >= 11 is 3.39. The molecule has 0 aromatic heterocycles. The maximum atomic E-state index is 14.0. The van der Waals surface area contributed by atoms with Crippen molar-refractivity contribution in [2.45, 2.75) is 18.0 Å². The molecule has 0 aliphatic carbocycles. The second kappa shape index (κ2) is 9.66. The van der Waals surface area contributed by atoms with Gasteiger partial charge in [-0.05, 0) is 29.3 Å².